The number of carbonyl (C=O) groups excluding carboxylic acids is 1. The highest BCUT2D eigenvalue weighted by molar-refractivity contribution is 5.84. The average molecular weight is 463 g/mol. The molecule has 1 aromatic heterocycles. The number of carbonyl (C=O) groups is 1. The summed E-state index contributed by atoms with van der Waals surface area (Å²) in [6.07, 6.45) is 3.56. The minimum atomic E-state index is -0.518. The molecular weight excluding hydrogens is 436 g/mol. The van der Waals surface area contributed by atoms with E-state index in [9.17, 15) is 9.59 Å². The molecule has 1 saturated carbocycles. The molecule has 8 nitrogen and oxygen atoms in total. The molecule has 3 aromatic rings. The third-order valence-corrected chi connectivity index (χ3v) is 7.27. The predicted molar refractivity (Wildman–Crippen MR) is 125 cm³/mol. The summed E-state index contributed by atoms with van der Waals surface area (Å²) in [6.45, 7) is 0.700. The fourth-order valence-corrected chi connectivity index (χ4v) is 5.22. The van der Waals surface area contributed by atoms with Crippen molar-refractivity contribution >= 4 is 16.8 Å². The van der Waals surface area contributed by atoms with E-state index in [-0.39, 0.29) is 24.2 Å². The maximum absolute atomic E-state index is 13.5. The second-order valence-electron chi connectivity index (χ2n) is 9.06. The molecule has 3 aliphatic rings. The summed E-state index contributed by atoms with van der Waals surface area (Å²) >= 11 is 0. The molecule has 6 rings (SSSR count). The highest BCUT2D eigenvalue weighted by atomic mass is 16.7. The van der Waals surface area contributed by atoms with Crippen molar-refractivity contribution in [2.45, 2.75) is 31.7 Å². The summed E-state index contributed by atoms with van der Waals surface area (Å²) in [5.74, 6) is 2.60. The fraction of sp³-hybridized carbons (Fsp3) is 0.385. The Balaban J connectivity index is 1.54. The van der Waals surface area contributed by atoms with Gasteiger partial charge < -0.3 is 28.8 Å². The lowest BCUT2D eigenvalue weighted by Crippen LogP contribution is -2.46. The van der Waals surface area contributed by atoms with Gasteiger partial charge in [0.15, 0.2) is 23.0 Å². The summed E-state index contributed by atoms with van der Waals surface area (Å²) in [7, 11) is 3.19. The summed E-state index contributed by atoms with van der Waals surface area (Å²) < 4.78 is 22.1. The number of hydrogen-bond donors (Lipinski definition) is 1. The van der Waals surface area contributed by atoms with Gasteiger partial charge >= 0.3 is 0 Å². The van der Waals surface area contributed by atoms with Crippen LogP contribution in [0.4, 0.5) is 0 Å². The maximum Gasteiger partial charge on any atom is 0.254 e. The SMILES string of the molecule is COc1cc2c(cc1OC)C(c1cc3cc4c(cc3[nH]c1=O)OCO4)N(C(=O)C1CCC1)CC2. The van der Waals surface area contributed by atoms with Gasteiger partial charge in [-0.2, -0.15) is 0 Å². The number of ether oxygens (including phenoxy) is 4. The van der Waals surface area contributed by atoms with E-state index >= 15 is 0 Å². The van der Waals surface area contributed by atoms with Crippen molar-refractivity contribution < 1.29 is 23.7 Å². The van der Waals surface area contributed by atoms with Crippen molar-refractivity contribution in [3.8, 4) is 23.0 Å². The van der Waals surface area contributed by atoms with E-state index in [0.717, 1.165) is 35.8 Å². The van der Waals surface area contributed by atoms with Gasteiger partial charge in [0.05, 0.1) is 25.8 Å². The monoisotopic (exact) mass is 462 g/mol. The number of pyridine rings is 1. The highest BCUT2D eigenvalue weighted by Gasteiger charge is 2.39. The Morgan fingerprint density at radius 2 is 1.74 bits per heavy atom. The molecule has 1 amide bonds. The highest BCUT2D eigenvalue weighted by Crippen LogP contribution is 2.43. The van der Waals surface area contributed by atoms with E-state index < -0.39 is 6.04 Å². The number of methoxy groups -OCH3 is 2. The number of amides is 1. The van der Waals surface area contributed by atoms with E-state index in [1.807, 2.05) is 29.2 Å². The van der Waals surface area contributed by atoms with Crippen LogP contribution in [-0.4, -0.2) is 43.3 Å². The van der Waals surface area contributed by atoms with Gasteiger partial charge in [0.2, 0.25) is 12.7 Å². The van der Waals surface area contributed by atoms with Gasteiger partial charge in [-0.05, 0) is 54.7 Å². The molecule has 1 unspecified atom stereocenters. The number of hydrogen-bond acceptors (Lipinski definition) is 6. The first-order valence-corrected chi connectivity index (χ1v) is 11.6. The van der Waals surface area contributed by atoms with Gasteiger partial charge in [-0.15, -0.1) is 0 Å². The minimum absolute atomic E-state index is 0.0255. The number of nitrogens with one attached hydrogen (secondary N) is 1. The standard InChI is InChI=1S/C26H26N2O6/c1-31-20-9-15-6-7-28(26(30)14-4-3-5-14)24(17(15)11-21(20)32-2)18-8-16-10-22-23(34-13-33-22)12-19(16)27-25(18)29/h8-12,14,24H,3-7,13H2,1-2H3,(H,27,29). The van der Waals surface area contributed by atoms with Crippen LogP contribution in [0.5, 0.6) is 23.0 Å². The molecule has 2 aliphatic heterocycles. The topological polar surface area (TPSA) is 90.1 Å². The van der Waals surface area contributed by atoms with E-state index in [2.05, 4.69) is 4.98 Å². The van der Waals surface area contributed by atoms with E-state index in [1.54, 1.807) is 20.3 Å². The number of nitrogens with zero attached hydrogens (tertiary/aromatic N) is 1. The quantitative estimate of drug-likeness (QED) is 0.638. The smallest absolute Gasteiger partial charge is 0.254 e. The Labute approximate surface area is 196 Å². The van der Waals surface area contributed by atoms with E-state index in [1.165, 1.54) is 0 Å². The molecule has 1 N–H and O–H groups in total. The van der Waals surface area contributed by atoms with Crippen LogP contribution in [0.25, 0.3) is 10.9 Å². The average Bonchev–Trinajstić information content (AvgIpc) is 3.26. The van der Waals surface area contributed by atoms with Gasteiger partial charge in [0.25, 0.3) is 5.56 Å². The third kappa shape index (κ3) is 3.20. The van der Waals surface area contributed by atoms with Crippen molar-refractivity contribution in [2.24, 2.45) is 5.92 Å². The van der Waals surface area contributed by atoms with Crippen LogP contribution in [0.2, 0.25) is 0 Å². The fourth-order valence-electron chi connectivity index (χ4n) is 5.22. The number of benzene rings is 2. The zero-order chi connectivity index (χ0) is 23.4. The molecule has 2 aromatic carbocycles. The number of H-pyrrole nitrogens is 1. The van der Waals surface area contributed by atoms with Crippen LogP contribution < -0.4 is 24.5 Å². The summed E-state index contributed by atoms with van der Waals surface area (Å²) in [4.78, 5) is 31.8. The zero-order valence-corrected chi connectivity index (χ0v) is 19.2. The number of rotatable bonds is 4. The first-order valence-electron chi connectivity index (χ1n) is 11.6. The molecule has 1 atom stereocenters. The second kappa shape index (κ2) is 7.97. The van der Waals surface area contributed by atoms with Gasteiger partial charge in [0, 0.05) is 29.5 Å². The summed E-state index contributed by atoms with van der Waals surface area (Å²) in [6, 6.07) is 8.86. The van der Waals surface area contributed by atoms with Crippen molar-refractivity contribution in [1.82, 2.24) is 9.88 Å². The molecule has 1 aliphatic carbocycles. The van der Waals surface area contributed by atoms with Crippen molar-refractivity contribution in [1.29, 1.82) is 0 Å². The Morgan fingerprint density at radius 3 is 2.44 bits per heavy atom. The number of aromatic nitrogens is 1. The molecule has 3 heterocycles. The summed E-state index contributed by atoms with van der Waals surface area (Å²) in [5, 5.41) is 0.822. The van der Waals surface area contributed by atoms with Crippen LogP contribution >= 0.6 is 0 Å². The molecule has 176 valence electrons. The van der Waals surface area contributed by atoms with Crippen molar-refractivity contribution in [3.63, 3.8) is 0 Å². The molecule has 34 heavy (non-hydrogen) atoms. The lowest BCUT2D eigenvalue weighted by Gasteiger charge is -2.41. The second-order valence-corrected chi connectivity index (χ2v) is 9.06. The van der Waals surface area contributed by atoms with Crippen LogP contribution in [0, 0.1) is 5.92 Å². The zero-order valence-electron chi connectivity index (χ0n) is 19.2. The Hall–Kier alpha value is -3.68. The van der Waals surface area contributed by atoms with Crippen LogP contribution in [0.1, 0.15) is 42.0 Å². The van der Waals surface area contributed by atoms with Gasteiger partial charge in [-0.25, -0.2) is 0 Å². The Kier molecular flexibility index (Phi) is 4.90. The first-order chi connectivity index (χ1) is 16.6. The van der Waals surface area contributed by atoms with Crippen LogP contribution in [-0.2, 0) is 11.2 Å². The van der Waals surface area contributed by atoms with Gasteiger partial charge in [-0.1, -0.05) is 6.42 Å². The number of aromatic amines is 1. The lowest BCUT2D eigenvalue weighted by atomic mass is 9.81. The molecule has 0 bridgehead atoms. The van der Waals surface area contributed by atoms with E-state index in [0.29, 0.717) is 47.0 Å². The lowest BCUT2D eigenvalue weighted by molar-refractivity contribution is -0.140. The Morgan fingerprint density at radius 1 is 1.00 bits per heavy atom. The van der Waals surface area contributed by atoms with Crippen molar-refractivity contribution in [2.75, 3.05) is 27.6 Å². The van der Waals surface area contributed by atoms with Crippen molar-refractivity contribution in [3.05, 3.63) is 57.4 Å². The van der Waals surface area contributed by atoms with E-state index in [4.69, 9.17) is 18.9 Å². The van der Waals surface area contributed by atoms with Gasteiger partial charge in [0.1, 0.15) is 0 Å². The molecule has 0 spiro atoms. The molecule has 1 fully saturated rings. The van der Waals surface area contributed by atoms with Gasteiger partial charge in [-0.3, -0.25) is 9.59 Å². The minimum Gasteiger partial charge on any atom is -0.493 e. The van der Waals surface area contributed by atoms with Crippen LogP contribution in [0.3, 0.4) is 0 Å². The third-order valence-electron chi connectivity index (χ3n) is 7.27. The number of fused-ring (bicyclic) bond motifs is 3. The molecular formula is C26H26N2O6. The Bertz CT molecular complexity index is 1360. The maximum atomic E-state index is 13.5. The molecule has 0 saturated heterocycles. The first kappa shape index (κ1) is 20.9. The molecule has 0 radical (unpaired) electrons. The predicted octanol–water partition coefficient (Wildman–Crippen LogP) is 3.55. The molecule has 8 heteroatoms. The summed E-state index contributed by atoms with van der Waals surface area (Å²) in [5.41, 5.74) is 2.89. The van der Waals surface area contributed by atoms with Crippen LogP contribution in [0.15, 0.2) is 35.1 Å². The largest absolute Gasteiger partial charge is 0.493 e. The normalized spacial score (nSPS) is 19.0.